The molecule has 1 N–H and O–H groups in total. The summed E-state index contributed by atoms with van der Waals surface area (Å²) in [4.78, 5) is 0. The molecule has 1 rings (SSSR count). The molecule has 0 aliphatic rings. The van der Waals surface area contributed by atoms with Crippen LogP contribution in [0.15, 0.2) is 24.3 Å². The second kappa shape index (κ2) is 3.00. The topological polar surface area (TPSA) is 23.9 Å². The second-order valence-corrected chi connectivity index (χ2v) is 2.15. The standard InChI is InChI=1S/C9H9N/c1-8-4-2-3-5-9(8)6-7-10/h2-6,10H,1H3. The lowest BCUT2D eigenvalue weighted by Crippen LogP contribution is -1.76. The van der Waals surface area contributed by atoms with E-state index in [1.54, 1.807) is 6.08 Å². The fourth-order valence-corrected chi connectivity index (χ4v) is 0.826. The Labute approximate surface area is 60.5 Å². The van der Waals surface area contributed by atoms with Gasteiger partial charge in [0.05, 0.1) is 0 Å². The molecule has 0 saturated heterocycles. The van der Waals surface area contributed by atoms with Crippen molar-refractivity contribution in [3.05, 3.63) is 35.4 Å². The van der Waals surface area contributed by atoms with Crippen molar-refractivity contribution < 1.29 is 0 Å². The summed E-state index contributed by atoms with van der Waals surface area (Å²) in [5.74, 6) is 2.25. The van der Waals surface area contributed by atoms with Crippen molar-refractivity contribution >= 4 is 11.9 Å². The van der Waals surface area contributed by atoms with E-state index in [2.05, 4.69) is 5.87 Å². The first kappa shape index (κ1) is 6.79. The average Bonchev–Trinajstić information content (AvgIpc) is 1.94. The highest BCUT2D eigenvalue weighted by atomic mass is 14.3. The lowest BCUT2D eigenvalue weighted by atomic mass is 10.1. The monoisotopic (exact) mass is 131 g/mol. The van der Waals surface area contributed by atoms with E-state index in [9.17, 15) is 0 Å². The second-order valence-electron chi connectivity index (χ2n) is 2.15. The van der Waals surface area contributed by atoms with Crippen LogP contribution in [-0.4, -0.2) is 5.87 Å². The molecule has 0 saturated carbocycles. The van der Waals surface area contributed by atoms with E-state index in [1.807, 2.05) is 31.2 Å². The third kappa shape index (κ3) is 1.34. The number of hydrogen-bond donors (Lipinski definition) is 1. The van der Waals surface area contributed by atoms with Gasteiger partial charge in [-0.15, -0.1) is 0 Å². The molecule has 0 radical (unpaired) electrons. The van der Waals surface area contributed by atoms with Crippen molar-refractivity contribution in [2.24, 2.45) is 0 Å². The van der Waals surface area contributed by atoms with Gasteiger partial charge in [-0.1, -0.05) is 24.3 Å². The van der Waals surface area contributed by atoms with Crippen LogP contribution in [0.25, 0.3) is 6.08 Å². The minimum atomic E-state index is 1.07. The number of nitrogens with one attached hydrogen (secondary N) is 1. The maximum atomic E-state index is 6.73. The summed E-state index contributed by atoms with van der Waals surface area (Å²) in [6.45, 7) is 2.02. The van der Waals surface area contributed by atoms with Gasteiger partial charge in [-0.25, -0.2) is 0 Å². The van der Waals surface area contributed by atoms with Crippen LogP contribution >= 0.6 is 0 Å². The van der Waals surface area contributed by atoms with Gasteiger partial charge in [-0.05, 0) is 23.9 Å². The minimum absolute atomic E-state index is 1.07. The zero-order valence-electron chi connectivity index (χ0n) is 5.89. The van der Waals surface area contributed by atoms with Crippen molar-refractivity contribution in [2.45, 2.75) is 6.92 Å². The summed E-state index contributed by atoms with van der Waals surface area (Å²) >= 11 is 0. The number of hydrogen-bond acceptors (Lipinski definition) is 1. The van der Waals surface area contributed by atoms with E-state index in [0.29, 0.717) is 0 Å². The maximum Gasteiger partial charge on any atom is 0.00650 e. The van der Waals surface area contributed by atoms with E-state index in [-0.39, 0.29) is 0 Å². The predicted octanol–water partition coefficient (Wildman–Crippen LogP) is 2.26. The lowest BCUT2D eigenvalue weighted by molar-refractivity contribution is 1.45. The first-order chi connectivity index (χ1) is 4.84. The molecule has 0 atom stereocenters. The van der Waals surface area contributed by atoms with Crippen LogP contribution in [0.1, 0.15) is 11.1 Å². The molecule has 1 aromatic rings. The normalized spacial score (nSPS) is 8.50. The number of aryl methyl sites for hydroxylation is 1. The van der Waals surface area contributed by atoms with Crippen molar-refractivity contribution in [1.82, 2.24) is 0 Å². The van der Waals surface area contributed by atoms with Gasteiger partial charge in [-0.2, -0.15) is 0 Å². The van der Waals surface area contributed by atoms with Crippen LogP contribution in [0.2, 0.25) is 0 Å². The summed E-state index contributed by atoms with van der Waals surface area (Å²) in [5, 5.41) is 6.73. The molecule has 1 heteroatoms. The molecule has 0 aliphatic carbocycles. The van der Waals surface area contributed by atoms with Gasteiger partial charge in [-0.3, -0.25) is 5.41 Å². The van der Waals surface area contributed by atoms with Gasteiger partial charge in [0, 0.05) is 6.08 Å². The van der Waals surface area contributed by atoms with Gasteiger partial charge >= 0.3 is 0 Å². The smallest absolute Gasteiger partial charge is 0.00650 e. The van der Waals surface area contributed by atoms with E-state index in [0.717, 1.165) is 5.56 Å². The molecule has 0 heterocycles. The molecule has 10 heavy (non-hydrogen) atoms. The average molecular weight is 131 g/mol. The van der Waals surface area contributed by atoms with Gasteiger partial charge in [0.2, 0.25) is 0 Å². The van der Waals surface area contributed by atoms with Crippen LogP contribution in [0.5, 0.6) is 0 Å². The molecule has 0 unspecified atom stereocenters. The SMILES string of the molecule is Cc1ccccc1C=C=N. The van der Waals surface area contributed by atoms with Crippen LogP contribution in [-0.2, 0) is 0 Å². The van der Waals surface area contributed by atoms with Crippen molar-refractivity contribution in [2.75, 3.05) is 0 Å². The molecule has 0 aromatic heterocycles. The van der Waals surface area contributed by atoms with E-state index < -0.39 is 0 Å². The van der Waals surface area contributed by atoms with E-state index in [4.69, 9.17) is 5.41 Å². The van der Waals surface area contributed by atoms with Gasteiger partial charge in [0.15, 0.2) is 0 Å². The molecule has 0 amide bonds. The largest absolute Gasteiger partial charge is 0.259 e. The van der Waals surface area contributed by atoms with Gasteiger partial charge in [0.25, 0.3) is 0 Å². The third-order valence-corrected chi connectivity index (χ3v) is 1.42. The van der Waals surface area contributed by atoms with Crippen molar-refractivity contribution in [3.63, 3.8) is 0 Å². The van der Waals surface area contributed by atoms with Crippen LogP contribution in [0.4, 0.5) is 0 Å². The first-order valence-corrected chi connectivity index (χ1v) is 3.15. The highest BCUT2D eigenvalue weighted by molar-refractivity contribution is 5.76. The van der Waals surface area contributed by atoms with Crippen LogP contribution < -0.4 is 0 Å². The Kier molecular flexibility index (Phi) is 2.03. The minimum Gasteiger partial charge on any atom is -0.259 e. The molecule has 0 spiro atoms. The molecule has 50 valence electrons. The Bertz CT molecular complexity index is 270. The summed E-state index contributed by atoms with van der Waals surface area (Å²) in [5.41, 5.74) is 2.25. The van der Waals surface area contributed by atoms with Gasteiger partial charge < -0.3 is 0 Å². The molecule has 1 aromatic carbocycles. The fraction of sp³-hybridized carbons (Fsp3) is 0.111. The van der Waals surface area contributed by atoms with Gasteiger partial charge in [0.1, 0.15) is 0 Å². The molecule has 0 aliphatic heterocycles. The molecule has 0 bridgehead atoms. The maximum absolute atomic E-state index is 6.73. The summed E-state index contributed by atoms with van der Waals surface area (Å²) < 4.78 is 0. The lowest BCUT2D eigenvalue weighted by Gasteiger charge is -1.94. The summed E-state index contributed by atoms with van der Waals surface area (Å²) in [6, 6.07) is 7.92. The Morgan fingerprint density at radius 3 is 2.70 bits per heavy atom. The molecular formula is C9H9N. The molecule has 1 nitrogen and oxygen atoms in total. The van der Waals surface area contributed by atoms with Crippen molar-refractivity contribution in [1.29, 1.82) is 5.41 Å². The highest BCUT2D eigenvalue weighted by Gasteiger charge is 1.88. The summed E-state index contributed by atoms with van der Waals surface area (Å²) in [6.07, 6.45) is 1.66. The number of benzene rings is 1. The fourth-order valence-electron chi connectivity index (χ4n) is 0.826. The van der Waals surface area contributed by atoms with Crippen molar-refractivity contribution in [3.8, 4) is 0 Å². The molecule has 0 fully saturated rings. The van der Waals surface area contributed by atoms with Crippen LogP contribution in [0, 0.1) is 12.3 Å². The van der Waals surface area contributed by atoms with Crippen LogP contribution in [0.3, 0.4) is 0 Å². The predicted molar refractivity (Wildman–Crippen MR) is 43.4 cm³/mol. The number of rotatable bonds is 1. The highest BCUT2D eigenvalue weighted by Crippen LogP contribution is 2.06. The Morgan fingerprint density at radius 1 is 1.40 bits per heavy atom. The quantitative estimate of drug-likeness (QED) is 0.565. The Morgan fingerprint density at radius 2 is 2.10 bits per heavy atom. The molecular weight excluding hydrogens is 122 g/mol. The van der Waals surface area contributed by atoms with E-state index >= 15 is 0 Å². The first-order valence-electron chi connectivity index (χ1n) is 3.15. The Hall–Kier alpha value is -1.33. The zero-order chi connectivity index (χ0) is 7.40. The Balaban J connectivity index is 3.14. The zero-order valence-corrected chi connectivity index (χ0v) is 5.89. The third-order valence-electron chi connectivity index (χ3n) is 1.42. The summed E-state index contributed by atoms with van der Waals surface area (Å²) in [7, 11) is 0. The van der Waals surface area contributed by atoms with E-state index in [1.165, 1.54) is 5.56 Å².